The lowest BCUT2D eigenvalue weighted by molar-refractivity contribution is -0.141. The minimum atomic E-state index is -4.44. The summed E-state index contributed by atoms with van der Waals surface area (Å²) in [5.41, 5.74) is 5.37. The molecule has 2 rings (SSSR count). The molecule has 6 heteroatoms. The van der Waals surface area contributed by atoms with Crippen LogP contribution in [0, 0.1) is 5.92 Å². The largest absolute Gasteiger partial charge is 0.433 e. The topological polar surface area (TPSA) is 50.9 Å². The maximum absolute atomic E-state index is 12.6. The first-order valence-corrected chi connectivity index (χ1v) is 6.45. The minimum absolute atomic E-state index is 0.189. The van der Waals surface area contributed by atoms with Crippen LogP contribution < -0.4 is 11.1 Å². The fourth-order valence-corrected chi connectivity index (χ4v) is 2.53. The van der Waals surface area contributed by atoms with Gasteiger partial charge in [-0.2, -0.15) is 13.2 Å². The number of nitrogens with zero attached hydrogens (tertiary/aromatic N) is 1. The lowest BCUT2D eigenvalue weighted by atomic mass is 9.87. The number of aromatic nitrogens is 1. The number of nitrogens with two attached hydrogens (primary N) is 1. The Morgan fingerprint density at radius 1 is 1.37 bits per heavy atom. The number of hydrogen-bond acceptors (Lipinski definition) is 3. The van der Waals surface area contributed by atoms with E-state index >= 15 is 0 Å². The first-order valence-electron chi connectivity index (χ1n) is 6.45. The number of alkyl halides is 3. The molecule has 0 aromatic carbocycles. The van der Waals surface area contributed by atoms with Crippen LogP contribution in [0.1, 0.15) is 38.3 Å². The zero-order valence-electron chi connectivity index (χ0n) is 10.8. The molecule has 0 aliphatic heterocycles. The van der Waals surface area contributed by atoms with Crippen LogP contribution in [0.2, 0.25) is 0 Å². The molecular formula is C13H18F3N3. The van der Waals surface area contributed by atoms with Crippen molar-refractivity contribution in [3.8, 4) is 0 Å². The Kier molecular flexibility index (Phi) is 3.87. The lowest BCUT2D eigenvalue weighted by Gasteiger charge is -2.28. The van der Waals surface area contributed by atoms with Crippen molar-refractivity contribution in [2.24, 2.45) is 5.92 Å². The molecule has 1 aromatic rings. The highest BCUT2D eigenvalue weighted by Gasteiger charge is 2.33. The van der Waals surface area contributed by atoms with E-state index in [1.807, 2.05) is 0 Å². The van der Waals surface area contributed by atoms with Crippen molar-refractivity contribution in [2.75, 3.05) is 11.1 Å². The Morgan fingerprint density at radius 3 is 2.74 bits per heavy atom. The molecule has 3 nitrogen and oxygen atoms in total. The predicted octanol–water partition coefficient (Wildman–Crippen LogP) is 3.67. The zero-order valence-corrected chi connectivity index (χ0v) is 10.8. The average Bonchev–Trinajstić information content (AvgIpc) is 2.30. The van der Waals surface area contributed by atoms with Gasteiger partial charge in [0.2, 0.25) is 0 Å². The summed E-state index contributed by atoms with van der Waals surface area (Å²) in [6.45, 7) is 2.16. The third kappa shape index (κ3) is 3.52. The average molecular weight is 273 g/mol. The van der Waals surface area contributed by atoms with Crippen LogP contribution in [0.3, 0.4) is 0 Å². The van der Waals surface area contributed by atoms with Gasteiger partial charge in [-0.05, 0) is 24.8 Å². The van der Waals surface area contributed by atoms with Crippen molar-refractivity contribution < 1.29 is 13.2 Å². The molecule has 106 valence electrons. The number of halogens is 3. The van der Waals surface area contributed by atoms with E-state index in [0.29, 0.717) is 11.6 Å². The van der Waals surface area contributed by atoms with Gasteiger partial charge in [-0.3, -0.25) is 0 Å². The summed E-state index contributed by atoms with van der Waals surface area (Å²) in [5, 5.41) is 3.13. The van der Waals surface area contributed by atoms with Crippen LogP contribution in [-0.2, 0) is 6.18 Å². The lowest BCUT2D eigenvalue weighted by Crippen LogP contribution is -2.27. The van der Waals surface area contributed by atoms with Crippen molar-refractivity contribution in [3.63, 3.8) is 0 Å². The van der Waals surface area contributed by atoms with Crippen molar-refractivity contribution >= 4 is 11.4 Å². The van der Waals surface area contributed by atoms with Crippen LogP contribution in [0.4, 0.5) is 24.5 Å². The van der Waals surface area contributed by atoms with Crippen LogP contribution in [0.15, 0.2) is 12.3 Å². The van der Waals surface area contributed by atoms with Crippen molar-refractivity contribution in [2.45, 2.75) is 44.8 Å². The third-order valence-corrected chi connectivity index (χ3v) is 3.52. The van der Waals surface area contributed by atoms with E-state index < -0.39 is 11.9 Å². The summed E-state index contributed by atoms with van der Waals surface area (Å²) in [4.78, 5) is 3.33. The Morgan fingerprint density at radius 2 is 2.11 bits per heavy atom. The normalized spacial score (nSPS) is 24.2. The van der Waals surface area contributed by atoms with Gasteiger partial charge in [0.25, 0.3) is 0 Å². The molecule has 0 saturated heterocycles. The highest BCUT2D eigenvalue weighted by atomic mass is 19.4. The monoisotopic (exact) mass is 273 g/mol. The molecule has 1 aliphatic rings. The second-order valence-electron chi connectivity index (χ2n) is 5.27. The Labute approximate surface area is 110 Å². The van der Waals surface area contributed by atoms with Crippen LogP contribution >= 0.6 is 0 Å². The fraction of sp³-hybridized carbons (Fsp3) is 0.615. The maximum atomic E-state index is 12.6. The summed E-state index contributed by atoms with van der Waals surface area (Å²) in [6, 6.07) is 1.18. The Bertz CT molecular complexity index is 445. The molecule has 0 spiro atoms. The molecule has 2 unspecified atom stereocenters. The van der Waals surface area contributed by atoms with E-state index in [1.165, 1.54) is 6.42 Å². The van der Waals surface area contributed by atoms with E-state index in [9.17, 15) is 13.2 Å². The van der Waals surface area contributed by atoms with Crippen molar-refractivity contribution in [3.05, 3.63) is 18.0 Å². The molecular weight excluding hydrogens is 255 g/mol. The number of nitrogens with one attached hydrogen (secondary N) is 1. The van der Waals surface area contributed by atoms with Gasteiger partial charge in [0.05, 0.1) is 17.6 Å². The molecule has 0 radical (unpaired) electrons. The molecule has 19 heavy (non-hydrogen) atoms. The predicted molar refractivity (Wildman–Crippen MR) is 68.7 cm³/mol. The van der Waals surface area contributed by atoms with Crippen molar-refractivity contribution in [1.29, 1.82) is 0 Å². The van der Waals surface area contributed by atoms with E-state index in [2.05, 4.69) is 17.2 Å². The van der Waals surface area contributed by atoms with Gasteiger partial charge in [0.15, 0.2) is 0 Å². The molecule has 1 fully saturated rings. The standard InChI is InChI=1S/C13H18F3N3/c1-8-3-2-4-9(5-8)19-11-6-12(13(14,15)16)18-7-10(11)17/h6-9H,2-5,17H2,1H3,(H,18,19). The number of anilines is 2. The van der Waals surface area contributed by atoms with Crippen LogP contribution in [-0.4, -0.2) is 11.0 Å². The first-order chi connectivity index (χ1) is 8.86. The van der Waals surface area contributed by atoms with E-state index in [4.69, 9.17) is 5.73 Å². The summed E-state index contributed by atoms with van der Waals surface area (Å²) in [5.74, 6) is 0.594. The molecule has 3 N–H and O–H groups in total. The summed E-state index contributed by atoms with van der Waals surface area (Å²) >= 11 is 0. The first kappa shape index (κ1) is 14.0. The molecule has 1 aromatic heterocycles. The minimum Gasteiger partial charge on any atom is -0.396 e. The molecule has 1 aliphatic carbocycles. The van der Waals surface area contributed by atoms with Gasteiger partial charge in [0.1, 0.15) is 5.69 Å². The van der Waals surface area contributed by atoms with E-state index in [0.717, 1.165) is 31.5 Å². The van der Waals surface area contributed by atoms with Crippen molar-refractivity contribution in [1.82, 2.24) is 4.98 Å². The molecule has 0 amide bonds. The quantitative estimate of drug-likeness (QED) is 0.864. The molecule has 1 heterocycles. The van der Waals surface area contributed by atoms with E-state index in [1.54, 1.807) is 0 Å². The third-order valence-electron chi connectivity index (χ3n) is 3.52. The fourth-order valence-electron chi connectivity index (χ4n) is 2.53. The van der Waals surface area contributed by atoms with Gasteiger partial charge >= 0.3 is 6.18 Å². The Hall–Kier alpha value is -1.46. The van der Waals surface area contributed by atoms with Gasteiger partial charge in [-0.15, -0.1) is 0 Å². The molecule has 2 atom stereocenters. The molecule has 1 saturated carbocycles. The van der Waals surface area contributed by atoms with E-state index in [-0.39, 0.29) is 11.7 Å². The van der Waals surface area contributed by atoms with Gasteiger partial charge in [-0.1, -0.05) is 19.8 Å². The molecule has 0 bridgehead atoms. The Balaban J connectivity index is 2.15. The number of nitrogen functional groups attached to an aromatic ring is 1. The van der Waals surface area contributed by atoms with Gasteiger partial charge in [-0.25, -0.2) is 4.98 Å². The van der Waals surface area contributed by atoms with Gasteiger partial charge < -0.3 is 11.1 Å². The summed E-state index contributed by atoms with van der Waals surface area (Å²) in [6.07, 6.45) is 0.825. The summed E-state index contributed by atoms with van der Waals surface area (Å²) in [7, 11) is 0. The SMILES string of the molecule is CC1CCCC(Nc2cc(C(F)(F)F)ncc2N)C1. The number of pyridine rings is 1. The number of rotatable bonds is 2. The zero-order chi connectivity index (χ0) is 14.0. The smallest absolute Gasteiger partial charge is 0.396 e. The number of hydrogen-bond donors (Lipinski definition) is 2. The van der Waals surface area contributed by atoms with Gasteiger partial charge in [0, 0.05) is 6.04 Å². The second-order valence-corrected chi connectivity index (χ2v) is 5.27. The second kappa shape index (κ2) is 5.27. The van der Waals surface area contributed by atoms with Crippen LogP contribution in [0.5, 0.6) is 0 Å². The maximum Gasteiger partial charge on any atom is 0.433 e. The highest BCUT2D eigenvalue weighted by Crippen LogP contribution is 2.33. The highest BCUT2D eigenvalue weighted by molar-refractivity contribution is 5.65. The summed E-state index contributed by atoms with van der Waals surface area (Å²) < 4.78 is 37.8. The van der Waals surface area contributed by atoms with Crippen LogP contribution in [0.25, 0.3) is 0 Å².